The molecule has 0 radical (unpaired) electrons. The molecule has 1 aliphatic rings. The van der Waals surface area contributed by atoms with Crippen LogP contribution in [0.25, 0.3) is 0 Å². The number of carbonyl (C=O) groups excluding carboxylic acids is 2. The van der Waals surface area contributed by atoms with Crippen LogP contribution in [-0.4, -0.2) is 23.7 Å². The highest BCUT2D eigenvalue weighted by Crippen LogP contribution is 2.44. The van der Waals surface area contributed by atoms with E-state index in [9.17, 15) is 9.59 Å². The number of carbonyl (C=O) groups is 2. The van der Waals surface area contributed by atoms with Gasteiger partial charge in [0.15, 0.2) is 0 Å². The summed E-state index contributed by atoms with van der Waals surface area (Å²) in [6.07, 6.45) is 2.81. The second kappa shape index (κ2) is 9.65. The number of nitrogens with two attached hydrogens (primary N) is 1. The molecule has 0 fully saturated rings. The van der Waals surface area contributed by atoms with Gasteiger partial charge in [-0.15, -0.1) is 23.1 Å². The number of ether oxygens (including phenoxy) is 1. The summed E-state index contributed by atoms with van der Waals surface area (Å²) < 4.78 is 5.34. The van der Waals surface area contributed by atoms with E-state index in [4.69, 9.17) is 10.5 Å². The van der Waals surface area contributed by atoms with Crippen LogP contribution in [-0.2, 0) is 22.4 Å². The van der Waals surface area contributed by atoms with E-state index in [1.54, 1.807) is 6.92 Å². The maximum atomic E-state index is 13.0. The van der Waals surface area contributed by atoms with Crippen molar-refractivity contribution in [2.24, 2.45) is 11.3 Å². The second-order valence-electron chi connectivity index (χ2n) is 9.06. The third-order valence-electron chi connectivity index (χ3n) is 5.75. The number of thiophene rings is 1. The number of anilines is 2. The number of fused-ring (bicyclic) bond motifs is 1. The molecule has 5 nitrogen and oxygen atoms in total. The highest BCUT2D eigenvalue weighted by molar-refractivity contribution is 8.00. The van der Waals surface area contributed by atoms with E-state index in [0.717, 1.165) is 29.7 Å². The molecule has 0 saturated carbocycles. The Kier molecular flexibility index (Phi) is 7.37. The van der Waals surface area contributed by atoms with Crippen LogP contribution in [0.3, 0.4) is 0 Å². The molecule has 1 aromatic carbocycles. The Bertz CT molecular complexity index is 962. The maximum Gasteiger partial charge on any atom is 0.341 e. The summed E-state index contributed by atoms with van der Waals surface area (Å²) in [7, 11) is 0. The van der Waals surface area contributed by atoms with Gasteiger partial charge in [0.2, 0.25) is 5.91 Å². The lowest BCUT2D eigenvalue weighted by atomic mass is 9.72. The summed E-state index contributed by atoms with van der Waals surface area (Å²) in [5.41, 5.74) is 8.32. The van der Waals surface area contributed by atoms with Crippen molar-refractivity contribution in [2.45, 2.75) is 64.0 Å². The summed E-state index contributed by atoms with van der Waals surface area (Å²) in [6.45, 7) is 10.8. The van der Waals surface area contributed by atoms with E-state index in [1.807, 2.05) is 31.2 Å². The zero-order chi connectivity index (χ0) is 22.8. The first kappa shape index (κ1) is 23.7. The number of esters is 1. The summed E-state index contributed by atoms with van der Waals surface area (Å²) in [6, 6.07) is 7.49. The van der Waals surface area contributed by atoms with Gasteiger partial charge in [0.1, 0.15) is 5.00 Å². The van der Waals surface area contributed by atoms with Gasteiger partial charge < -0.3 is 15.8 Å². The fourth-order valence-electron chi connectivity index (χ4n) is 3.89. The monoisotopic (exact) mass is 460 g/mol. The fraction of sp³-hybridized carbons (Fsp3) is 0.500. The van der Waals surface area contributed by atoms with E-state index in [1.165, 1.54) is 28.0 Å². The molecule has 1 heterocycles. The molecule has 3 N–H and O–H groups in total. The Morgan fingerprint density at radius 3 is 2.74 bits per heavy atom. The van der Waals surface area contributed by atoms with Crippen molar-refractivity contribution in [3.63, 3.8) is 0 Å². The number of rotatable bonds is 6. The quantitative estimate of drug-likeness (QED) is 0.324. The maximum absolute atomic E-state index is 13.0. The molecule has 0 spiro atoms. The van der Waals surface area contributed by atoms with Crippen LogP contribution in [0.1, 0.15) is 61.8 Å². The molecule has 168 valence electrons. The molecule has 31 heavy (non-hydrogen) atoms. The van der Waals surface area contributed by atoms with Crippen LogP contribution in [0.4, 0.5) is 10.7 Å². The molecule has 0 aliphatic heterocycles. The summed E-state index contributed by atoms with van der Waals surface area (Å²) in [4.78, 5) is 27.9. The van der Waals surface area contributed by atoms with Crippen molar-refractivity contribution < 1.29 is 14.3 Å². The number of hydrogen-bond acceptors (Lipinski definition) is 6. The number of nitrogens with one attached hydrogen (secondary N) is 1. The highest BCUT2D eigenvalue weighted by Gasteiger charge is 2.34. The van der Waals surface area contributed by atoms with Crippen LogP contribution >= 0.6 is 23.1 Å². The van der Waals surface area contributed by atoms with Crippen LogP contribution in [0, 0.1) is 11.3 Å². The minimum atomic E-state index is -0.347. The molecule has 2 atom stereocenters. The molecule has 1 aromatic heterocycles. The van der Waals surface area contributed by atoms with Gasteiger partial charge in [0, 0.05) is 15.5 Å². The van der Waals surface area contributed by atoms with E-state index in [0.29, 0.717) is 28.8 Å². The van der Waals surface area contributed by atoms with Crippen LogP contribution in [0.2, 0.25) is 0 Å². The molecule has 1 aliphatic carbocycles. The number of benzene rings is 1. The Morgan fingerprint density at radius 1 is 1.35 bits per heavy atom. The van der Waals surface area contributed by atoms with Crippen molar-refractivity contribution >= 4 is 45.7 Å². The first-order valence-corrected chi connectivity index (χ1v) is 12.4. The lowest BCUT2D eigenvalue weighted by molar-refractivity contribution is -0.115. The number of nitrogen functional groups attached to an aromatic ring is 1. The predicted octanol–water partition coefficient (Wildman–Crippen LogP) is 5.78. The molecule has 0 saturated heterocycles. The molecule has 0 bridgehead atoms. The normalized spacial score (nSPS) is 17.0. The average Bonchev–Trinajstić information content (AvgIpc) is 3.04. The van der Waals surface area contributed by atoms with E-state index < -0.39 is 0 Å². The smallest absolute Gasteiger partial charge is 0.341 e. The van der Waals surface area contributed by atoms with Gasteiger partial charge in [-0.25, -0.2) is 4.79 Å². The lowest BCUT2D eigenvalue weighted by Crippen LogP contribution is -2.27. The zero-order valence-electron chi connectivity index (χ0n) is 18.9. The molecule has 7 heteroatoms. The first-order chi connectivity index (χ1) is 14.6. The van der Waals surface area contributed by atoms with Crippen LogP contribution < -0.4 is 11.1 Å². The molecule has 3 rings (SSSR count). The number of thioether (sulfide) groups is 1. The third kappa shape index (κ3) is 5.63. The van der Waals surface area contributed by atoms with Gasteiger partial charge in [-0.05, 0) is 68.2 Å². The van der Waals surface area contributed by atoms with E-state index in [2.05, 4.69) is 26.1 Å². The molecular weight excluding hydrogens is 428 g/mol. The van der Waals surface area contributed by atoms with Crippen LogP contribution in [0.5, 0.6) is 0 Å². The molecule has 2 unspecified atom stereocenters. The van der Waals surface area contributed by atoms with Crippen molar-refractivity contribution in [3.8, 4) is 0 Å². The van der Waals surface area contributed by atoms with Gasteiger partial charge in [0.05, 0.1) is 17.4 Å². The Labute approximate surface area is 193 Å². The molecule has 1 amide bonds. The number of hydrogen-bond donors (Lipinski definition) is 2. The predicted molar refractivity (Wildman–Crippen MR) is 130 cm³/mol. The summed E-state index contributed by atoms with van der Waals surface area (Å²) in [5, 5.41) is 3.30. The minimum Gasteiger partial charge on any atom is -0.462 e. The van der Waals surface area contributed by atoms with Gasteiger partial charge in [-0.3, -0.25) is 4.79 Å². The molecule has 2 aromatic rings. The highest BCUT2D eigenvalue weighted by atomic mass is 32.2. The molecular formula is C24H32N2O3S2. The fourth-order valence-corrected chi connectivity index (χ4v) is 6.15. The zero-order valence-corrected chi connectivity index (χ0v) is 20.5. The third-order valence-corrected chi connectivity index (χ3v) is 8.01. The van der Waals surface area contributed by atoms with Gasteiger partial charge in [-0.2, -0.15) is 0 Å². The van der Waals surface area contributed by atoms with Crippen LogP contribution in [0.15, 0.2) is 29.2 Å². The van der Waals surface area contributed by atoms with Crippen molar-refractivity contribution in [1.29, 1.82) is 0 Å². The minimum absolute atomic E-state index is 0.135. The van der Waals surface area contributed by atoms with Crippen molar-refractivity contribution in [1.82, 2.24) is 0 Å². The van der Waals surface area contributed by atoms with Gasteiger partial charge >= 0.3 is 5.97 Å². The summed E-state index contributed by atoms with van der Waals surface area (Å²) in [5.74, 6) is 0.0693. The largest absolute Gasteiger partial charge is 0.462 e. The Hall–Kier alpha value is -1.99. The van der Waals surface area contributed by atoms with E-state index >= 15 is 0 Å². The average molecular weight is 461 g/mol. The Morgan fingerprint density at radius 2 is 2.10 bits per heavy atom. The van der Waals surface area contributed by atoms with Crippen molar-refractivity contribution in [3.05, 3.63) is 40.3 Å². The standard InChI is InChI=1S/C24H32N2O3S2/c1-6-29-23(28)20-18-11-10-15(24(3,4)5)12-19(18)31-22(20)26-21(27)14(2)30-17-9-7-8-16(25)13-17/h7-9,13-15H,6,10-12,25H2,1-5H3,(H,26,27). The van der Waals surface area contributed by atoms with Crippen molar-refractivity contribution in [2.75, 3.05) is 17.7 Å². The van der Waals surface area contributed by atoms with Gasteiger partial charge in [0.25, 0.3) is 0 Å². The second-order valence-corrected chi connectivity index (χ2v) is 11.6. The van der Waals surface area contributed by atoms with Gasteiger partial charge in [-0.1, -0.05) is 26.8 Å². The number of amides is 1. The van der Waals surface area contributed by atoms with E-state index in [-0.39, 0.29) is 22.5 Å². The first-order valence-electron chi connectivity index (χ1n) is 10.7. The topological polar surface area (TPSA) is 81.4 Å². The Balaban J connectivity index is 1.83. The lowest BCUT2D eigenvalue weighted by Gasteiger charge is -2.33. The summed E-state index contributed by atoms with van der Waals surface area (Å²) >= 11 is 2.97. The SMILES string of the molecule is CCOC(=O)c1c(NC(=O)C(C)Sc2cccc(N)c2)sc2c1CCC(C(C)(C)C)C2.